The maximum atomic E-state index is 13.1. The predicted octanol–water partition coefficient (Wildman–Crippen LogP) is 4.20. The van der Waals surface area contributed by atoms with Gasteiger partial charge in [0.2, 0.25) is 6.10 Å². The SMILES string of the molecule is COc1ccc([C@@H](OC(=O)C2=Cc3ccccc3OC2)C(=O)NC2CCCCC2)cc1. The molecule has 0 radical (unpaired) electrons. The quantitative estimate of drug-likeness (QED) is 0.708. The van der Waals surface area contributed by atoms with E-state index in [0.717, 1.165) is 37.0 Å². The van der Waals surface area contributed by atoms with Crippen LogP contribution in [0.25, 0.3) is 6.08 Å². The topological polar surface area (TPSA) is 73.9 Å². The van der Waals surface area contributed by atoms with Crippen LogP contribution in [-0.4, -0.2) is 31.6 Å². The Morgan fingerprint density at radius 1 is 1.03 bits per heavy atom. The first-order chi connectivity index (χ1) is 15.1. The lowest BCUT2D eigenvalue weighted by molar-refractivity contribution is -0.153. The zero-order valence-electron chi connectivity index (χ0n) is 17.6. The van der Waals surface area contributed by atoms with Gasteiger partial charge in [-0.2, -0.15) is 0 Å². The van der Waals surface area contributed by atoms with Crippen LogP contribution in [0.2, 0.25) is 0 Å². The summed E-state index contributed by atoms with van der Waals surface area (Å²) in [4.78, 5) is 26.0. The number of rotatable bonds is 6. The molecule has 2 aliphatic rings. The summed E-state index contributed by atoms with van der Waals surface area (Å²) in [5.74, 6) is 0.527. The molecule has 1 heterocycles. The van der Waals surface area contributed by atoms with Gasteiger partial charge in [0.05, 0.1) is 12.7 Å². The van der Waals surface area contributed by atoms with Gasteiger partial charge in [-0.15, -0.1) is 0 Å². The average Bonchev–Trinajstić information content (AvgIpc) is 2.82. The molecule has 1 atom stereocenters. The number of ether oxygens (including phenoxy) is 3. The van der Waals surface area contributed by atoms with E-state index in [4.69, 9.17) is 14.2 Å². The van der Waals surface area contributed by atoms with E-state index in [0.29, 0.717) is 16.9 Å². The summed E-state index contributed by atoms with van der Waals surface area (Å²) >= 11 is 0. The molecule has 0 saturated heterocycles. The predicted molar refractivity (Wildman–Crippen MR) is 117 cm³/mol. The van der Waals surface area contributed by atoms with E-state index in [9.17, 15) is 9.59 Å². The van der Waals surface area contributed by atoms with Crippen LogP contribution in [0.15, 0.2) is 54.1 Å². The molecule has 0 spiro atoms. The molecule has 2 aromatic rings. The Balaban J connectivity index is 1.54. The number of methoxy groups -OCH3 is 1. The van der Waals surface area contributed by atoms with Gasteiger partial charge >= 0.3 is 5.97 Å². The number of benzene rings is 2. The fraction of sp³-hybridized carbons (Fsp3) is 0.360. The summed E-state index contributed by atoms with van der Waals surface area (Å²) < 4.78 is 16.6. The molecule has 1 aliphatic carbocycles. The van der Waals surface area contributed by atoms with Crippen molar-refractivity contribution in [2.75, 3.05) is 13.7 Å². The van der Waals surface area contributed by atoms with Crippen LogP contribution in [0.1, 0.15) is 49.3 Å². The molecule has 6 nitrogen and oxygen atoms in total. The zero-order chi connectivity index (χ0) is 21.6. The molecule has 1 amide bonds. The van der Waals surface area contributed by atoms with E-state index < -0.39 is 12.1 Å². The number of carbonyl (C=O) groups excluding carboxylic acids is 2. The second-order valence-electron chi connectivity index (χ2n) is 7.90. The normalized spacial score (nSPS) is 16.9. The van der Waals surface area contributed by atoms with Gasteiger partial charge in [-0.25, -0.2) is 4.79 Å². The van der Waals surface area contributed by atoms with Gasteiger partial charge in [-0.3, -0.25) is 4.79 Å². The Kier molecular flexibility index (Phi) is 6.55. The number of amides is 1. The molecule has 1 aliphatic heterocycles. The van der Waals surface area contributed by atoms with E-state index >= 15 is 0 Å². The molecule has 0 unspecified atom stereocenters. The zero-order valence-corrected chi connectivity index (χ0v) is 17.6. The summed E-state index contributed by atoms with van der Waals surface area (Å²) in [6, 6.07) is 14.6. The van der Waals surface area contributed by atoms with Crippen molar-refractivity contribution in [3.63, 3.8) is 0 Å². The molecule has 31 heavy (non-hydrogen) atoms. The lowest BCUT2D eigenvalue weighted by Gasteiger charge is -2.26. The van der Waals surface area contributed by atoms with E-state index in [-0.39, 0.29) is 18.6 Å². The van der Waals surface area contributed by atoms with Crippen molar-refractivity contribution in [2.24, 2.45) is 0 Å². The highest BCUT2D eigenvalue weighted by Gasteiger charge is 2.29. The first-order valence-electron chi connectivity index (χ1n) is 10.7. The molecule has 6 heteroatoms. The van der Waals surface area contributed by atoms with E-state index in [1.165, 1.54) is 6.42 Å². The molecule has 1 saturated carbocycles. The Bertz CT molecular complexity index is 960. The summed E-state index contributed by atoms with van der Waals surface area (Å²) in [6.45, 7) is 0.107. The summed E-state index contributed by atoms with van der Waals surface area (Å²) in [5, 5.41) is 3.07. The van der Waals surface area contributed by atoms with Crippen molar-refractivity contribution >= 4 is 18.0 Å². The number of esters is 1. The Hall–Kier alpha value is -3.28. The Morgan fingerprint density at radius 2 is 1.77 bits per heavy atom. The number of nitrogens with one attached hydrogen (secondary N) is 1. The minimum Gasteiger partial charge on any atom is -0.497 e. The van der Waals surface area contributed by atoms with Gasteiger partial charge < -0.3 is 19.5 Å². The first kappa shape index (κ1) is 21.0. The van der Waals surface area contributed by atoms with Crippen LogP contribution in [0.4, 0.5) is 0 Å². The van der Waals surface area contributed by atoms with Crippen molar-refractivity contribution in [2.45, 2.75) is 44.2 Å². The smallest absolute Gasteiger partial charge is 0.338 e. The van der Waals surface area contributed by atoms with Gasteiger partial charge in [-0.05, 0) is 37.1 Å². The van der Waals surface area contributed by atoms with E-state index in [2.05, 4.69) is 5.32 Å². The second-order valence-corrected chi connectivity index (χ2v) is 7.90. The molecule has 2 aromatic carbocycles. The maximum Gasteiger partial charge on any atom is 0.338 e. The van der Waals surface area contributed by atoms with Crippen LogP contribution >= 0.6 is 0 Å². The van der Waals surface area contributed by atoms with Crippen LogP contribution in [0.3, 0.4) is 0 Å². The van der Waals surface area contributed by atoms with Gasteiger partial charge in [0, 0.05) is 17.2 Å². The van der Waals surface area contributed by atoms with Crippen molar-refractivity contribution in [3.8, 4) is 11.5 Å². The highest BCUT2D eigenvalue weighted by molar-refractivity contribution is 5.97. The number of para-hydroxylation sites is 1. The van der Waals surface area contributed by atoms with Crippen LogP contribution in [0, 0.1) is 0 Å². The largest absolute Gasteiger partial charge is 0.497 e. The molecule has 0 aromatic heterocycles. The molecular formula is C25H27NO5. The highest BCUT2D eigenvalue weighted by Crippen LogP contribution is 2.28. The van der Waals surface area contributed by atoms with Gasteiger partial charge in [-0.1, -0.05) is 49.6 Å². The van der Waals surface area contributed by atoms with Gasteiger partial charge in [0.15, 0.2) is 0 Å². The summed E-state index contributed by atoms with van der Waals surface area (Å²) in [5.41, 5.74) is 1.79. The van der Waals surface area contributed by atoms with Crippen LogP contribution in [-0.2, 0) is 14.3 Å². The lowest BCUT2D eigenvalue weighted by Crippen LogP contribution is -2.40. The third kappa shape index (κ3) is 5.08. The number of carbonyl (C=O) groups is 2. The summed E-state index contributed by atoms with van der Waals surface area (Å²) in [6.07, 6.45) is 6.00. The van der Waals surface area contributed by atoms with Gasteiger partial charge in [0.1, 0.15) is 18.1 Å². The third-order valence-electron chi connectivity index (χ3n) is 5.73. The molecule has 0 bridgehead atoms. The highest BCUT2D eigenvalue weighted by atomic mass is 16.6. The number of hydrogen-bond acceptors (Lipinski definition) is 5. The monoisotopic (exact) mass is 421 g/mol. The van der Waals surface area contributed by atoms with Crippen molar-refractivity contribution in [3.05, 3.63) is 65.2 Å². The lowest BCUT2D eigenvalue weighted by atomic mass is 9.95. The molecule has 1 N–H and O–H groups in total. The number of fused-ring (bicyclic) bond motifs is 1. The minimum absolute atomic E-state index is 0.107. The minimum atomic E-state index is -1.04. The van der Waals surface area contributed by atoms with Crippen LogP contribution < -0.4 is 14.8 Å². The van der Waals surface area contributed by atoms with Crippen molar-refractivity contribution in [1.29, 1.82) is 0 Å². The Morgan fingerprint density at radius 3 is 2.52 bits per heavy atom. The number of hydrogen-bond donors (Lipinski definition) is 1. The fourth-order valence-electron chi connectivity index (χ4n) is 3.99. The fourth-order valence-corrected chi connectivity index (χ4v) is 3.99. The van der Waals surface area contributed by atoms with E-state index in [1.54, 1.807) is 37.5 Å². The average molecular weight is 421 g/mol. The maximum absolute atomic E-state index is 13.1. The molecule has 4 rings (SSSR count). The van der Waals surface area contributed by atoms with Crippen LogP contribution in [0.5, 0.6) is 11.5 Å². The summed E-state index contributed by atoms with van der Waals surface area (Å²) in [7, 11) is 1.58. The van der Waals surface area contributed by atoms with Crippen molar-refractivity contribution in [1.82, 2.24) is 5.32 Å². The first-order valence-corrected chi connectivity index (χ1v) is 10.7. The second kappa shape index (κ2) is 9.69. The third-order valence-corrected chi connectivity index (χ3v) is 5.73. The molecular weight excluding hydrogens is 394 g/mol. The standard InChI is InChI=1S/C25H27NO5/c1-29-21-13-11-17(12-14-21)23(24(27)26-20-8-3-2-4-9-20)31-25(28)19-15-18-7-5-6-10-22(18)30-16-19/h5-7,10-15,20,23H,2-4,8-9,16H2,1H3,(H,26,27)/t23-/m1/s1. The van der Waals surface area contributed by atoms with E-state index in [1.807, 2.05) is 24.3 Å². The molecule has 162 valence electrons. The molecule has 1 fully saturated rings. The van der Waals surface area contributed by atoms with Crippen molar-refractivity contribution < 1.29 is 23.8 Å². The van der Waals surface area contributed by atoms with Gasteiger partial charge in [0.25, 0.3) is 5.91 Å². The Labute approximate surface area is 182 Å².